The highest BCUT2D eigenvalue weighted by Gasteiger charge is 2.19. The first-order valence-corrected chi connectivity index (χ1v) is 10.9. The average Bonchev–Trinajstić information content (AvgIpc) is 3.44. The second-order valence-corrected chi connectivity index (χ2v) is 8.39. The Bertz CT molecular complexity index is 1420. The number of halogens is 2. The molecule has 3 heterocycles. The van der Waals surface area contributed by atoms with E-state index in [4.69, 9.17) is 9.40 Å². The second-order valence-electron chi connectivity index (χ2n) is 6.53. The molecule has 7 nitrogen and oxygen atoms in total. The number of thioether (sulfide) groups is 1. The second kappa shape index (κ2) is 8.12. The predicted molar refractivity (Wildman–Crippen MR) is 119 cm³/mol. The minimum Gasteiger partial charge on any atom is -0.461 e. The molecule has 0 bridgehead atoms. The summed E-state index contributed by atoms with van der Waals surface area (Å²) in [5.74, 6) is 0.220. The Kier molecular flexibility index (Phi) is 5.16. The van der Waals surface area contributed by atoms with E-state index >= 15 is 0 Å². The third kappa shape index (κ3) is 3.79. The van der Waals surface area contributed by atoms with Gasteiger partial charge in [-0.2, -0.15) is 0 Å². The molecule has 0 aliphatic rings. The number of hydrogen-bond acceptors (Lipinski definition) is 6. The fraction of sp³-hybridized carbons (Fsp3) is 0.0476. The third-order valence-corrected chi connectivity index (χ3v) is 5.92. The van der Waals surface area contributed by atoms with Crippen molar-refractivity contribution in [2.45, 2.75) is 5.16 Å². The molecule has 0 aliphatic heterocycles. The molecule has 0 saturated carbocycles. The van der Waals surface area contributed by atoms with Gasteiger partial charge in [0.05, 0.1) is 23.2 Å². The van der Waals surface area contributed by atoms with Crippen LogP contribution in [0, 0.1) is 5.82 Å². The Morgan fingerprint density at radius 1 is 1.16 bits per heavy atom. The highest BCUT2D eigenvalue weighted by atomic mass is 79.9. The normalized spacial score (nSPS) is 11.3. The van der Waals surface area contributed by atoms with Gasteiger partial charge in [0, 0.05) is 9.86 Å². The largest absolute Gasteiger partial charge is 0.461 e. The quantitative estimate of drug-likeness (QED) is 0.337. The van der Waals surface area contributed by atoms with Gasteiger partial charge in [0.1, 0.15) is 5.82 Å². The van der Waals surface area contributed by atoms with Crippen molar-refractivity contribution in [1.29, 1.82) is 0 Å². The van der Waals surface area contributed by atoms with Crippen molar-refractivity contribution < 1.29 is 13.6 Å². The van der Waals surface area contributed by atoms with Gasteiger partial charge in [0.2, 0.25) is 5.91 Å². The summed E-state index contributed by atoms with van der Waals surface area (Å²) in [5.41, 5.74) is 1.48. The topological polar surface area (TPSA) is 85.3 Å². The zero-order valence-corrected chi connectivity index (χ0v) is 18.2. The summed E-state index contributed by atoms with van der Waals surface area (Å²) in [6, 6.07) is 15.6. The van der Waals surface area contributed by atoms with Crippen molar-refractivity contribution in [2.24, 2.45) is 0 Å². The molecule has 0 atom stereocenters. The van der Waals surface area contributed by atoms with Gasteiger partial charge >= 0.3 is 0 Å². The molecular weight excluding hydrogens is 485 g/mol. The van der Waals surface area contributed by atoms with Gasteiger partial charge in [-0.15, -0.1) is 10.2 Å². The van der Waals surface area contributed by atoms with Crippen LogP contribution in [0.3, 0.4) is 0 Å². The Morgan fingerprint density at radius 2 is 2.03 bits per heavy atom. The molecule has 0 aliphatic carbocycles. The first kappa shape index (κ1) is 19.7. The van der Waals surface area contributed by atoms with E-state index in [1.807, 2.05) is 24.3 Å². The molecule has 5 aromatic rings. The van der Waals surface area contributed by atoms with Crippen LogP contribution in [0.5, 0.6) is 0 Å². The first-order chi connectivity index (χ1) is 15.1. The lowest BCUT2D eigenvalue weighted by Crippen LogP contribution is -2.15. The van der Waals surface area contributed by atoms with Gasteiger partial charge < -0.3 is 9.73 Å². The van der Waals surface area contributed by atoms with Crippen LogP contribution < -0.4 is 5.32 Å². The summed E-state index contributed by atoms with van der Waals surface area (Å²) < 4.78 is 21.9. The van der Waals surface area contributed by atoms with E-state index in [0.717, 1.165) is 10.9 Å². The van der Waals surface area contributed by atoms with Crippen LogP contribution in [0.2, 0.25) is 0 Å². The molecule has 0 unspecified atom stereocenters. The minimum atomic E-state index is -0.517. The molecular formula is C21H13BrFN5O2S. The van der Waals surface area contributed by atoms with Crippen LogP contribution in [0.4, 0.5) is 10.1 Å². The smallest absolute Gasteiger partial charge is 0.234 e. The lowest BCUT2D eigenvalue weighted by Gasteiger charge is -2.08. The van der Waals surface area contributed by atoms with Crippen LogP contribution >= 0.6 is 27.7 Å². The van der Waals surface area contributed by atoms with E-state index in [2.05, 4.69) is 31.4 Å². The first-order valence-electron chi connectivity index (χ1n) is 9.15. The van der Waals surface area contributed by atoms with E-state index in [1.165, 1.54) is 23.9 Å². The summed E-state index contributed by atoms with van der Waals surface area (Å²) in [6.07, 6.45) is 1.56. The lowest BCUT2D eigenvalue weighted by atomic mass is 10.2. The van der Waals surface area contributed by atoms with Gasteiger partial charge in [0.25, 0.3) is 0 Å². The van der Waals surface area contributed by atoms with Crippen molar-refractivity contribution in [2.75, 3.05) is 11.1 Å². The highest BCUT2D eigenvalue weighted by molar-refractivity contribution is 9.10. The van der Waals surface area contributed by atoms with Gasteiger partial charge in [-0.25, -0.2) is 9.37 Å². The number of anilines is 1. The number of aromatic nitrogens is 4. The number of rotatable bonds is 5. The van der Waals surface area contributed by atoms with Gasteiger partial charge in [-0.1, -0.05) is 39.8 Å². The number of fused-ring (bicyclic) bond motifs is 3. The number of hydrogen-bond donors (Lipinski definition) is 1. The predicted octanol–water partition coefficient (Wildman–Crippen LogP) is 5.17. The Morgan fingerprint density at radius 3 is 2.84 bits per heavy atom. The monoisotopic (exact) mass is 497 g/mol. The van der Waals surface area contributed by atoms with Crippen molar-refractivity contribution in [3.05, 3.63) is 71.2 Å². The van der Waals surface area contributed by atoms with Crippen molar-refractivity contribution in [3.8, 4) is 11.6 Å². The molecule has 2 aromatic carbocycles. The van der Waals surface area contributed by atoms with Gasteiger partial charge in [-0.05, 0) is 42.5 Å². The molecule has 31 heavy (non-hydrogen) atoms. The molecule has 5 rings (SSSR count). The summed E-state index contributed by atoms with van der Waals surface area (Å²) in [7, 11) is 0. The van der Waals surface area contributed by atoms with Crippen LogP contribution in [0.15, 0.2) is 74.9 Å². The van der Waals surface area contributed by atoms with Crippen LogP contribution in [-0.2, 0) is 4.79 Å². The van der Waals surface area contributed by atoms with Crippen LogP contribution in [0.25, 0.3) is 28.1 Å². The number of amides is 1. The van der Waals surface area contributed by atoms with Gasteiger partial charge in [-0.3, -0.25) is 9.20 Å². The number of benzene rings is 2. The van der Waals surface area contributed by atoms with E-state index in [-0.39, 0.29) is 17.3 Å². The van der Waals surface area contributed by atoms with Crippen LogP contribution in [0.1, 0.15) is 0 Å². The zero-order valence-electron chi connectivity index (χ0n) is 15.8. The Balaban J connectivity index is 1.47. The third-order valence-electron chi connectivity index (χ3n) is 4.50. The molecule has 3 aromatic heterocycles. The van der Waals surface area contributed by atoms with Crippen molar-refractivity contribution in [1.82, 2.24) is 19.6 Å². The fourth-order valence-corrected chi connectivity index (χ4v) is 4.20. The Hall–Kier alpha value is -3.24. The number of furan rings is 1. The standard InChI is InChI=1S/C21H13BrFN5O2S/c22-12-7-8-16(14(23)10-12)24-18(29)11-31-21-27-26-19-13-4-1-2-5-15(13)25-20(28(19)21)17-6-3-9-30-17/h1-10H,11H2,(H,24,29). The number of nitrogens with zero attached hydrogens (tertiary/aromatic N) is 4. The molecule has 1 N–H and O–H groups in total. The highest BCUT2D eigenvalue weighted by Crippen LogP contribution is 2.29. The molecule has 1 amide bonds. The molecule has 0 radical (unpaired) electrons. The number of carbonyl (C=O) groups is 1. The number of nitrogens with one attached hydrogen (secondary N) is 1. The maximum atomic E-state index is 14.0. The van der Waals surface area contributed by atoms with E-state index in [9.17, 15) is 9.18 Å². The lowest BCUT2D eigenvalue weighted by molar-refractivity contribution is -0.113. The SMILES string of the molecule is O=C(CSc1nnc2c3ccccc3nc(-c3ccco3)n12)Nc1ccc(Br)cc1F. The van der Waals surface area contributed by atoms with Gasteiger partial charge in [0.15, 0.2) is 22.4 Å². The molecule has 10 heteroatoms. The molecule has 154 valence electrons. The van der Waals surface area contributed by atoms with E-state index in [0.29, 0.717) is 26.9 Å². The minimum absolute atomic E-state index is 0.0146. The summed E-state index contributed by atoms with van der Waals surface area (Å²) in [5, 5.41) is 12.5. The maximum absolute atomic E-state index is 14.0. The Labute approximate surface area is 187 Å². The molecule has 0 spiro atoms. The zero-order chi connectivity index (χ0) is 21.4. The van der Waals surface area contributed by atoms with E-state index in [1.54, 1.807) is 28.9 Å². The average molecular weight is 498 g/mol. The van der Waals surface area contributed by atoms with Crippen LogP contribution in [-0.4, -0.2) is 31.2 Å². The summed E-state index contributed by atoms with van der Waals surface area (Å²) in [6.45, 7) is 0. The van der Waals surface area contributed by atoms with Crippen molar-refractivity contribution >= 4 is 55.8 Å². The summed E-state index contributed by atoms with van der Waals surface area (Å²) in [4.78, 5) is 17.1. The summed E-state index contributed by atoms with van der Waals surface area (Å²) >= 11 is 4.37. The fourth-order valence-electron chi connectivity index (χ4n) is 3.13. The molecule has 0 fully saturated rings. The number of carbonyl (C=O) groups excluding carboxylic acids is 1. The maximum Gasteiger partial charge on any atom is 0.234 e. The van der Waals surface area contributed by atoms with E-state index < -0.39 is 5.82 Å². The number of para-hydroxylation sites is 1. The molecule has 0 saturated heterocycles. The van der Waals surface area contributed by atoms with Crippen molar-refractivity contribution in [3.63, 3.8) is 0 Å².